The fourth-order valence-corrected chi connectivity index (χ4v) is 2.49. The fourth-order valence-electron chi connectivity index (χ4n) is 2.17. The smallest absolute Gasteiger partial charge is 0.160 e. The fraction of sp³-hybridized carbons (Fsp3) is 0.308. The van der Waals surface area contributed by atoms with Crippen LogP contribution in [0.1, 0.15) is 23.8 Å². The highest BCUT2D eigenvalue weighted by molar-refractivity contribution is 6.31. The highest BCUT2D eigenvalue weighted by Crippen LogP contribution is 2.25. The summed E-state index contributed by atoms with van der Waals surface area (Å²) in [5.41, 5.74) is 2.45. The molecule has 7 heteroatoms. The topological polar surface area (TPSA) is 48.5 Å². The van der Waals surface area contributed by atoms with Gasteiger partial charge in [-0.15, -0.1) is 11.6 Å². The van der Waals surface area contributed by atoms with Gasteiger partial charge in [0.25, 0.3) is 0 Å². The van der Waals surface area contributed by atoms with Gasteiger partial charge in [0.2, 0.25) is 0 Å². The highest BCUT2D eigenvalue weighted by atomic mass is 35.5. The van der Waals surface area contributed by atoms with Crippen molar-refractivity contribution in [2.24, 2.45) is 7.05 Å². The summed E-state index contributed by atoms with van der Waals surface area (Å²) < 4.78 is 3.74. The Hall–Kier alpha value is -1.59. The Morgan fingerprint density at radius 1 is 1.40 bits per heavy atom. The number of aromatic nitrogens is 5. The number of hydrogen-bond acceptors (Lipinski definition) is 3. The summed E-state index contributed by atoms with van der Waals surface area (Å²) in [4.78, 5) is 8.89. The SMILES string of the molecule is CC(Cl)c1nc2cc(Cl)cnc2n1Cc1ccn(C)n1. The molecule has 3 aromatic rings. The van der Waals surface area contributed by atoms with Gasteiger partial charge in [-0.25, -0.2) is 9.97 Å². The molecular weight excluding hydrogens is 297 g/mol. The van der Waals surface area contributed by atoms with Crippen molar-refractivity contribution in [1.82, 2.24) is 24.3 Å². The summed E-state index contributed by atoms with van der Waals surface area (Å²) in [5.74, 6) is 0.766. The molecule has 0 aliphatic rings. The lowest BCUT2D eigenvalue weighted by Gasteiger charge is -2.08. The summed E-state index contributed by atoms with van der Waals surface area (Å²) in [5, 5.41) is 4.73. The van der Waals surface area contributed by atoms with E-state index >= 15 is 0 Å². The minimum Gasteiger partial charge on any atom is -0.305 e. The lowest BCUT2D eigenvalue weighted by molar-refractivity contribution is 0.686. The molecule has 0 bridgehead atoms. The molecular formula is C13H13Cl2N5. The van der Waals surface area contributed by atoms with E-state index in [0.717, 1.165) is 22.7 Å². The van der Waals surface area contributed by atoms with E-state index in [4.69, 9.17) is 23.2 Å². The molecule has 0 N–H and O–H groups in total. The molecule has 5 nitrogen and oxygen atoms in total. The summed E-state index contributed by atoms with van der Waals surface area (Å²) >= 11 is 12.2. The average molecular weight is 310 g/mol. The van der Waals surface area contributed by atoms with Crippen LogP contribution in [-0.2, 0) is 13.6 Å². The molecule has 0 radical (unpaired) electrons. The zero-order valence-electron chi connectivity index (χ0n) is 11.1. The molecule has 1 unspecified atom stereocenters. The van der Waals surface area contributed by atoms with Crippen LogP contribution in [-0.4, -0.2) is 24.3 Å². The van der Waals surface area contributed by atoms with E-state index < -0.39 is 0 Å². The van der Waals surface area contributed by atoms with E-state index in [1.54, 1.807) is 16.9 Å². The number of hydrogen-bond donors (Lipinski definition) is 0. The second kappa shape index (κ2) is 5.07. The Kier molecular flexibility index (Phi) is 3.40. The van der Waals surface area contributed by atoms with Crippen molar-refractivity contribution in [1.29, 1.82) is 0 Å². The number of fused-ring (bicyclic) bond motifs is 1. The maximum Gasteiger partial charge on any atom is 0.160 e. The number of alkyl halides is 1. The quantitative estimate of drug-likeness (QED) is 0.698. The van der Waals surface area contributed by atoms with Crippen LogP contribution in [0.5, 0.6) is 0 Å². The van der Waals surface area contributed by atoms with E-state index in [1.807, 2.05) is 30.8 Å². The Bertz CT molecular complexity index is 759. The molecule has 20 heavy (non-hydrogen) atoms. The third-order valence-corrected chi connectivity index (χ3v) is 3.43. The van der Waals surface area contributed by atoms with Crippen LogP contribution in [0.4, 0.5) is 0 Å². The molecule has 3 heterocycles. The second-order valence-electron chi connectivity index (χ2n) is 4.65. The number of nitrogens with zero attached hydrogens (tertiary/aromatic N) is 5. The number of halogens is 2. The minimum absolute atomic E-state index is 0.216. The summed E-state index contributed by atoms with van der Waals surface area (Å²) in [6.45, 7) is 2.47. The van der Waals surface area contributed by atoms with E-state index in [0.29, 0.717) is 11.6 Å². The van der Waals surface area contributed by atoms with Gasteiger partial charge in [-0.2, -0.15) is 5.10 Å². The number of aryl methyl sites for hydroxylation is 1. The van der Waals surface area contributed by atoms with Gasteiger partial charge < -0.3 is 4.57 Å². The van der Waals surface area contributed by atoms with Crippen LogP contribution in [0.25, 0.3) is 11.2 Å². The lowest BCUT2D eigenvalue weighted by Crippen LogP contribution is -2.07. The zero-order chi connectivity index (χ0) is 14.3. The van der Waals surface area contributed by atoms with Crippen LogP contribution < -0.4 is 0 Å². The molecule has 0 saturated heterocycles. The molecule has 3 rings (SSSR count). The molecule has 0 aromatic carbocycles. The van der Waals surface area contributed by atoms with Crippen LogP contribution in [0, 0.1) is 0 Å². The van der Waals surface area contributed by atoms with Gasteiger partial charge in [-0.05, 0) is 19.1 Å². The van der Waals surface area contributed by atoms with E-state index in [2.05, 4.69) is 15.1 Å². The summed E-state index contributed by atoms with van der Waals surface area (Å²) in [7, 11) is 1.89. The maximum absolute atomic E-state index is 6.22. The van der Waals surface area contributed by atoms with Crippen LogP contribution in [0.2, 0.25) is 5.02 Å². The Labute approximate surface area is 126 Å². The molecule has 0 saturated carbocycles. The largest absolute Gasteiger partial charge is 0.305 e. The third kappa shape index (κ3) is 2.39. The first-order valence-electron chi connectivity index (χ1n) is 6.19. The molecule has 0 spiro atoms. The van der Waals surface area contributed by atoms with E-state index in [9.17, 15) is 0 Å². The molecule has 104 valence electrons. The van der Waals surface area contributed by atoms with Crippen LogP contribution in [0.3, 0.4) is 0 Å². The third-order valence-electron chi connectivity index (χ3n) is 3.03. The van der Waals surface area contributed by atoms with Gasteiger partial charge in [0, 0.05) is 19.4 Å². The van der Waals surface area contributed by atoms with Gasteiger partial charge in [0.1, 0.15) is 11.3 Å². The van der Waals surface area contributed by atoms with Gasteiger partial charge in [0.05, 0.1) is 22.6 Å². The van der Waals surface area contributed by atoms with E-state index in [1.165, 1.54) is 0 Å². The Balaban J connectivity index is 2.13. The molecule has 1 atom stereocenters. The van der Waals surface area contributed by atoms with Crippen molar-refractivity contribution in [3.8, 4) is 0 Å². The summed E-state index contributed by atoms with van der Waals surface area (Å²) in [6, 6.07) is 3.76. The van der Waals surface area contributed by atoms with Crippen LogP contribution in [0.15, 0.2) is 24.5 Å². The molecule has 0 amide bonds. The average Bonchev–Trinajstić information content (AvgIpc) is 2.94. The zero-order valence-corrected chi connectivity index (χ0v) is 12.6. The van der Waals surface area contributed by atoms with Crippen molar-refractivity contribution in [2.75, 3.05) is 0 Å². The van der Waals surface area contributed by atoms with Crippen molar-refractivity contribution in [2.45, 2.75) is 18.8 Å². The lowest BCUT2D eigenvalue weighted by atomic mass is 10.4. The van der Waals surface area contributed by atoms with Gasteiger partial charge in [-0.1, -0.05) is 11.6 Å². The van der Waals surface area contributed by atoms with Crippen molar-refractivity contribution in [3.63, 3.8) is 0 Å². The molecule has 0 fully saturated rings. The standard InChI is InChI=1S/C13H13Cl2N5/c1-8(14)12-17-11-5-9(15)6-16-13(11)20(12)7-10-3-4-19(2)18-10/h3-6,8H,7H2,1-2H3. The predicted molar refractivity (Wildman–Crippen MR) is 79.1 cm³/mol. The number of imidazole rings is 1. The molecule has 0 aliphatic carbocycles. The van der Waals surface area contributed by atoms with E-state index in [-0.39, 0.29) is 5.38 Å². The highest BCUT2D eigenvalue weighted by Gasteiger charge is 2.17. The molecule has 0 aliphatic heterocycles. The normalized spacial score (nSPS) is 13.0. The second-order valence-corrected chi connectivity index (χ2v) is 5.74. The Morgan fingerprint density at radius 3 is 2.85 bits per heavy atom. The van der Waals surface area contributed by atoms with Crippen molar-refractivity contribution in [3.05, 3.63) is 41.1 Å². The van der Waals surface area contributed by atoms with Gasteiger partial charge in [0.15, 0.2) is 5.65 Å². The van der Waals surface area contributed by atoms with Crippen molar-refractivity contribution >= 4 is 34.4 Å². The van der Waals surface area contributed by atoms with Gasteiger partial charge in [-0.3, -0.25) is 4.68 Å². The molecule has 3 aromatic heterocycles. The number of pyridine rings is 1. The Morgan fingerprint density at radius 2 is 2.20 bits per heavy atom. The maximum atomic E-state index is 6.22. The van der Waals surface area contributed by atoms with Crippen LogP contribution >= 0.6 is 23.2 Å². The first kappa shape index (κ1) is 13.4. The van der Waals surface area contributed by atoms with Crippen molar-refractivity contribution < 1.29 is 0 Å². The minimum atomic E-state index is -0.216. The number of rotatable bonds is 3. The predicted octanol–water partition coefficient (Wildman–Crippen LogP) is 3.17. The first-order valence-corrected chi connectivity index (χ1v) is 7.00. The first-order chi connectivity index (χ1) is 9.54. The monoisotopic (exact) mass is 309 g/mol. The summed E-state index contributed by atoms with van der Waals surface area (Å²) in [6.07, 6.45) is 3.52. The van der Waals surface area contributed by atoms with Gasteiger partial charge >= 0.3 is 0 Å².